The van der Waals surface area contributed by atoms with Crippen LogP contribution in [-0.2, 0) is 0 Å². The fourth-order valence-corrected chi connectivity index (χ4v) is 1.48. The Morgan fingerprint density at radius 2 is 2.13 bits per heavy atom. The molecule has 0 unspecified atom stereocenters. The van der Waals surface area contributed by atoms with Crippen molar-refractivity contribution in [3.63, 3.8) is 0 Å². The van der Waals surface area contributed by atoms with Gasteiger partial charge in [0, 0.05) is 6.54 Å². The summed E-state index contributed by atoms with van der Waals surface area (Å²) in [5, 5.41) is 10.7. The normalized spacial score (nSPS) is 11.4. The number of amides is 1. The molecule has 6 heteroatoms. The van der Waals surface area contributed by atoms with E-state index in [2.05, 4.69) is 36.3 Å². The molecular weight excluding hydrogens is 212 g/mol. The van der Waals surface area contributed by atoms with Crippen LogP contribution in [0.4, 0.5) is 5.13 Å². The molecule has 0 fully saturated rings. The molecule has 0 aromatic carbocycles. The molecule has 0 radical (unpaired) electrons. The zero-order valence-electron chi connectivity index (χ0n) is 9.20. The lowest BCUT2D eigenvalue weighted by Gasteiger charge is -2.17. The lowest BCUT2D eigenvalue weighted by atomic mass is 9.92. The average Bonchev–Trinajstić information content (AvgIpc) is 2.49. The Hall–Kier alpha value is -1.17. The number of nitrogens with one attached hydrogen (secondary N) is 1. The largest absolute Gasteiger partial charge is 0.374 e. The first kappa shape index (κ1) is 11.9. The second kappa shape index (κ2) is 4.57. The molecule has 0 spiro atoms. The minimum absolute atomic E-state index is 0.201. The summed E-state index contributed by atoms with van der Waals surface area (Å²) in [6.07, 6.45) is 0.924. The second-order valence-corrected chi connectivity index (χ2v) is 5.52. The molecule has 5 nitrogen and oxygen atoms in total. The second-order valence-electron chi connectivity index (χ2n) is 4.51. The number of nitrogen functional groups attached to an aromatic ring is 1. The highest BCUT2D eigenvalue weighted by molar-refractivity contribution is 7.16. The van der Waals surface area contributed by atoms with Crippen molar-refractivity contribution in [2.45, 2.75) is 27.2 Å². The molecule has 15 heavy (non-hydrogen) atoms. The predicted octanol–water partition coefficient (Wildman–Crippen LogP) is 1.29. The van der Waals surface area contributed by atoms with E-state index >= 15 is 0 Å². The first-order valence-corrected chi connectivity index (χ1v) is 5.57. The molecule has 0 saturated carbocycles. The predicted molar refractivity (Wildman–Crippen MR) is 60.7 cm³/mol. The molecule has 0 aliphatic heterocycles. The van der Waals surface area contributed by atoms with Gasteiger partial charge < -0.3 is 11.1 Å². The third kappa shape index (κ3) is 4.24. The van der Waals surface area contributed by atoms with E-state index in [1.54, 1.807) is 0 Å². The highest BCUT2D eigenvalue weighted by Crippen LogP contribution is 2.17. The van der Waals surface area contributed by atoms with Crippen LogP contribution in [0.3, 0.4) is 0 Å². The van der Waals surface area contributed by atoms with Gasteiger partial charge in [-0.1, -0.05) is 32.1 Å². The number of nitrogens with two attached hydrogens (primary N) is 1. The maximum atomic E-state index is 11.5. The van der Waals surface area contributed by atoms with Crippen molar-refractivity contribution >= 4 is 22.4 Å². The van der Waals surface area contributed by atoms with Gasteiger partial charge in [0.15, 0.2) is 0 Å². The Kier molecular flexibility index (Phi) is 3.62. The molecule has 84 valence electrons. The summed E-state index contributed by atoms with van der Waals surface area (Å²) >= 11 is 1.10. The third-order valence-electron chi connectivity index (χ3n) is 1.80. The summed E-state index contributed by atoms with van der Waals surface area (Å²) in [6.45, 7) is 7.02. The lowest BCUT2D eigenvalue weighted by molar-refractivity contribution is 0.0948. The number of nitrogens with zero attached hydrogens (tertiary/aromatic N) is 2. The highest BCUT2D eigenvalue weighted by Gasteiger charge is 2.13. The van der Waals surface area contributed by atoms with Crippen LogP contribution in [-0.4, -0.2) is 22.6 Å². The van der Waals surface area contributed by atoms with Crippen LogP contribution in [0.15, 0.2) is 0 Å². The van der Waals surface area contributed by atoms with Gasteiger partial charge in [-0.05, 0) is 11.8 Å². The van der Waals surface area contributed by atoms with Gasteiger partial charge in [0.1, 0.15) is 0 Å². The van der Waals surface area contributed by atoms with Gasteiger partial charge in [0.05, 0.1) is 0 Å². The molecule has 1 heterocycles. The Bertz CT molecular complexity index is 342. The molecule has 0 saturated heterocycles. The molecule has 1 rings (SSSR count). The van der Waals surface area contributed by atoms with Crippen LogP contribution in [0.1, 0.15) is 37.0 Å². The van der Waals surface area contributed by atoms with Gasteiger partial charge in [-0.25, -0.2) is 0 Å². The number of hydrogen-bond donors (Lipinski definition) is 2. The molecule has 0 atom stereocenters. The van der Waals surface area contributed by atoms with Crippen LogP contribution in [0.5, 0.6) is 0 Å². The van der Waals surface area contributed by atoms with Crippen molar-refractivity contribution in [3.8, 4) is 0 Å². The van der Waals surface area contributed by atoms with Crippen LogP contribution >= 0.6 is 11.3 Å². The zero-order chi connectivity index (χ0) is 11.5. The standard InChI is InChI=1S/C9H16N4OS/c1-9(2,3)4-5-11-6(14)7-12-13-8(10)15-7/h4-5H2,1-3H3,(H2,10,13)(H,11,14). The highest BCUT2D eigenvalue weighted by atomic mass is 32.1. The molecular formula is C9H16N4OS. The van der Waals surface area contributed by atoms with Gasteiger partial charge in [-0.3, -0.25) is 4.79 Å². The van der Waals surface area contributed by atoms with Crippen molar-refractivity contribution < 1.29 is 4.79 Å². The van der Waals surface area contributed by atoms with E-state index in [1.807, 2.05) is 0 Å². The Labute approximate surface area is 93.1 Å². The van der Waals surface area contributed by atoms with Crippen LogP contribution in [0, 0.1) is 5.41 Å². The topological polar surface area (TPSA) is 80.9 Å². The molecule has 0 aliphatic rings. The number of aromatic nitrogens is 2. The minimum Gasteiger partial charge on any atom is -0.374 e. The van der Waals surface area contributed by atoms with E-state index in [1.165, 1.54) is 0 Å². The lowest BCUT2D eigenvalue weighted by Crippen LogP contribution is -2.27. The van der Waals surface area contributed by atoms with Crippen molar-refractivity contribution in [2.24, 2.45) is 5.41 Å². The minimum atomic E-state index is -0.201. The smallest absolute Gasteiger partial charge is 0.282 e. The number of hydrogen-bond acceptors (Lipinski definition) is 5. The zero-order valence-corrected chi connectivity index (χ0v) is 10.0. The number of carbonyl (C=O) groups is 1. The van der Waals surface area contributed by atoms with E-state index in [4.69, 9.17) is 5.73 Å². The number of carbonyl (C=O) groups excluding carboxylic acids is 1. The van der Waals surface area contributed by atoms with E-state index < -0.39 is 0 Å². The molecule has 0 bridgehead atoms. The van der Waals surface area contributed by atoms with Gasteiger partial charge in [0.2, 0.25) is 10.1 Å². The van der Waals surface area contributed by atoms with Gasteiger partial charge in [0.25, 0.3) is 5.91 Å². The molecule has 0 aliphatic carbocycles. The summed E-state index contributed by atoms with van der Waals surface area (Å²) in [5.74, 6) is -0.201. The Morgan fingerprint density at radius 3 is 2.60 bits per heavy atom. The Balaban J connectivity index is 2.37. The molecule has 1 amide bonds. The maximum Gasteiger partial charge on any atom is 0.282 e. The first-order valence-electron chi connectivity index (χ1n) is 4.76. The third-order valence-corrected chi connectivity index (χ3v) is 2.55. The molecule has 1 aromatic rings. The molecule has 3 N–H and O–H groups in total. The van der Waals surface area contributed by atoms with Gasteiger partial charge in [-0.15, -0.1) is 10.2 Å². The van der Waals surface area contributed by atoms with Crippen LogP contribution < -0.4 is 11.1 Å². The molecule has 1 aromatic heterocycles. The fraction of sp³-hybridized carbons (Fsp3) is 0.667. The van der Waals surface area contributed by atoms with Crippen LogP contribution in [0.25, 0.3) is 0 Å². The monoisotopic (exact) mass is 228 g/mol. The van der Waals surface area contributed by atoms with Crippen molar-refractivity contribution in [3.05, 3.63) is 5.01 Å². The SMILES string of the molecule is CC(C)(C)CCNC(=O)c1nnc(N)s1. The number of anilines is 1. The van der Waals surface area contributed by atoms with E-state index in [-0.39, 0.29) is 11.3 Å². The first-order chi connectivity index (χ1) is 6.88. The number of rotatable bonds is 3. The fourth-order valence-electron chi connectivity index (χ4n) is 0.953. The van der Waals surface area contributed by atoms with Gasteiger partial charge in [-0.2, -0.15) is 0 Å². The van der Waals surface area contributed by atoms with E-state index in [9.17, 15) is 4.79 Å². The van der Waals surface area contributed by atoms with E-state index in [0.717, 1.165) is 17.8 Å². The maximum absolute atomic E-state index is 11.5. The van der Waals surface area contributed by atoms with Crippen molar-refractivity contribution in [1.82, 2.24) is 15.5 Å². The van der Waals surface area contributed by atoms with Gasteiger partial charge >= 0.3 is 0 Å². The Morgan fingerprint density at radius 1 is 1.47 bits per heavy atom. The van der Waals surface area contributed by atoms with Crippen molar-refractivity contribution in [1.29, 1.82) is 0 Å². The summed E-state index contributed by atoms with van der Waals surface area (Å²) in [4.78, 5) is 11.5. The summed E-state index contributed by atoms with van der Waals surface area (Å²) in [5.41, 5.74) is 5.59. The summed E-state index contributed by atoms with van der Waals surface area (Å²) in [6, 6.07) is 0. The average molecular weight is 228 g/mol. The van der Waals surface area contributed by atoms with Crippen LogP contribution in [0.2, 0.25) is 0 Å². The quantitative estimate of drug-likeness (QED) is 0.816. The summed E-state index contributed by atoms with van der Waals surface area (Å²) in [7, 11) is 0. The summed E-state index contributed by atoms with van der Waals surface area (Å²) < 4.78 is 0. The van der Waals surface area contributed by atoms with Crippen molar-refractivity contribution in [2.75, 3.05) is 12.3 Å². The van der Waals surface area contributed by atoms with E-state index in [0.29, 0.717) is 16.7 Å².